The van der Waals surface area contributed by atoms with Crippen molar-refractivity contribution in [3.05, 3.63) is 48.3 Å². The molecule has 0 aliphatic carbocycles. The molecule has 1 unspecified atom stereocenters. The number of amides is 2. The van der Waals surface area contributed by atoms with Gasteiger partial charge in [0.15, 0.2) is 5.60 Å². The van der Waals surface area contributed by atoms with Crippen LogP contribution in [0, 0.1) is 0 Å². The first-order chi connectivity index (χ1) is 18.0. The van der Waals surface area contributed by atoms with Gasteiger partial charge in [-0.3, -0.25) is 14.7 Å². The summed E-state index contributed by atoms with van der Waals surface area (Å²) in [5.41, 5.74) is -0.210. The number of benzene rings is 1. The molecule has 0 spiro atoms. The van der Waals surface area contributed by atoms with Crippen molar-refractivity contribution in [3.8, 4) is 5.75 Å². The zero-order valence-electron chi connectivity index (χ0n) is 21.0. The van der Waals surface area contributed by atoms with Gasteiger partial charge in [0, 0.05) is 24.3 Å². The largest absolute Gasteiger partial charge is 0.477 e. The van der Waals surface area contributed by atoms with Crippen LogP contribution < -0.4 is 20.3 Å². The van der Waals surface area contributed by atoms with Gasteiger partial charge in [0.25, 0.3) is 11.8 Å². The third-order valence-electron chi connectivity index (χ3n) is 7.15. The summed E-state index contributed by atoms with van der Waals surface area (Å²) < 4.78 is 43.2. The molecule has 0 radical (unpaired) electrons. The molecule has 2 amide bonds. The number of fused-ring (bicyclic) bond motifs is 3. The Bertz CT molecular complexity index is 1310. The lowest BCUT2D eigenvalue weighted by Crippen LogP contribution is -2.55. The highest BCUT2D eigenvalue weighted by atomic mass is 19.4. The van der Waals surface area contributed by atoms with Gasteiger partial charge in [0.1, 0.15) is 18.1 Å². The van der Waals surface area contributed by atoms with Crippen LogP contribution in [0.25, 0.3) is 10.9 Å². The molecule has 2 aliphatic heterocycles. The number of H-pyrrole nitrogens is 1. The standard InChI is InChI=1S/C26H29F3N6O3/c1-25(2,38-21-5-3-4-20-19(21)13-32-34-20)24(37)33-16-10-17-7-8-18(11-16)35(17)22-9-6-15(12-30-22)23(36)31-14-26(27,28)29/h3-6,9,12-13,16-18H,7-8,10-11,14H2,1-2H3,(H,31,36)(H,32,34)(H,33,37)/t16?,17-,18+. The predicted octanol–water partition coefficient (Wildman–Crippen LogP) is 3.72. The van der Waals surface area contributed by atoms with Crippen molar-refractivity contribution in [2.24, 2.45) is 0 Å². The molecule has 3 aromatic rings. The molecule has 2 fully saturated rings. The number of alkyl halides is 3. The molecular formula is C26H29F3N6O3. The SMILES string of the molecule is CC(C)(Oc1cccc2[nH]ncc12)C(=O)NC1C[C@H]2CC[C@@H](C1)N2c1ccc(C(=O)NCC(F)(F)F)cn1. The van der Waals surface area contributed by atoms with E-state index < -0.39 is 24.2 Å². The van der Waals surface area contributed by atoms with Crippen LogP contribution >= 0.6 is 0 Å². The molecule has 12 heteroatoms. The maximum absolute atomic E-state index is 13.2. The summed E-state index contributed by atoms with van der Waals surface area (Å²) in [5, 5.41) is 12.8. The van der Waals surface area contributed by atoms with Gasteiger partial charge < -0.3 is 20.3 Å². The van der Waals surface area contributed by atoms with E-state index in [1.54, 1.807) is 26.1 Å². The van der Waals surface area contributed by atoms with E-state index in [4.69, 9.17) is 4.74 Å². The second-order valence-corrected chi connectivity index (χ2v) is 10.3. The fraction of sp³-hybridized carbons (Fsp3) is 0.462. The number of aromatic nitrogens is 3. The van der Waals surface area contributed by atoms with Crippen LogP contribution in [0.15, 0.2) is 42.7 Å². The maximum atomic E-state index is 13.2. The van der Waals surface area contributed by atoms with E-state index in [1.807, 2.05) is 23.5 Å². The van der Waals surface area contributed by atoms with Gasteiger partial charge in [-0.25, -0.2) is 4.98 Å². The van der Waals surface area contributed by atoms with Gasteiger partial charge in [-0.15, -0.1) is 0 Å². The second-order valence-electron chi connectivity index (χ2n) is 10.3. The van der Waals surface area contributed by atoms with Crippen LogP contribution in [-0.2, 0) is 4.79 Å². The number of piperidine rings is 1. The zero-order chi connectivity index (χ0) is 27.1. The lowest BCUT2D eigenvalue weighted by Gasteiger charge is -2.40. The Hall–Kier alpha value is -3.83. The number of nitrogens with zero attached hydrogens (tertiary/aromatic N) is 3. The van der Waals surface area contributed by atoms with Crippen LogP contribution in [0.1, 0.15) is 49.9 Å². The number of nitrogens with one attached hydrogen (secondary N) is 3. The van der Waals surface area contributed by atoms with Crippen molar-refractivity contribution < 1.29 is 27.5 Å². The van der Waals surface area contributed by atoms with Gasteiger partial charge >= 0.3 is 6.18 Å². The highest BCUT2D eigenvalue weighted by Gasteiger charge is 2.43. The number of carbonyl (C=O) groups excluding carboxylic acids is 2. The number of hydrogen-bond acceptors (Lipinski definition) is 6. The van der Waals surface area contributed by atoms with Gasteiger partial charge in [-0.05, 0) is 63.8 Å². The topological polar surface area (TPSA) is 112 Å². The molecule has 2 aliphatic rings. The number of hydrogen-bond donors (Lipinski definition) is 3. The number of aromatic amines is 1. The Kier molecular flexibility index (Phi) is 6.66. The molecule has 2 bridgehead atoms. The minimum Gasteiger partial charge on any atom is -0.477 e. The number of carbonyl (C=O) groups is 2. The van der Waals surface area contributed by atoms with Gasteiger partial charge in [-0.1, -0.05) is 6.07 Å². The van der Waals surface area contributed by atoms with E-state index in [0.29, 0.717) is 11.6 Å². The molecule has 3 atom stereocenters. The summed E-state index contributed by atoms with van der Waals surface area (Å²) in [6, 6.07) is 8.96. The summed E-state index contributed by atoms with van der Waals surface area (Å²) >= 11 is 0. The lowest BCUT2D eigenvalue weighted by atomic mass is 9.96. The molecule has 0 saturated carbocycles. The molecular weight excluding hydrogens is 501 g/mol. The van der Waals surface area contributed by atoms with Gasteiger partial charge in [-0.2, -0.15) is 18.3 Å². The first-order valence-corrected chi connectivity index (χ1v) is 12.5. The average molecular weight is 531 g/mol. The summed E-state index contributed by atoms with van der Waals surface area (Å²) in [6.07, 6.45) is 1.83. The minimum atomic E-state index is -4.48. The Labute approximate surface area is 217 Å². The predicted molar refractivity (Wildman–Crippen MR) is 134 cm³/mol. The molecule has 9 nitrogen and oxygen atoms in total. The molecule has 2 saturated heterocycles. The molecule has 5 rings (SSSR count). The molecule has 4 heterocycles. The lowest BCUT2D eigenvalue weighted by molar-refractivity contribution is -0.135. The van der Waals surface area contributed by atoms with Crippen molar-refractivity contribution in [3.63, 3.8) is 0 Å². The van der Waals surface area contributed by atoms with E-state index in [0.717, 1.165) is 36.6 Å². The maximum Gasteiger partial charge on any atom is 0.405 e. The van der Waals surface area contributed by atoms with Gasteiger partial charge in [0.05, 0.1) is 22.7 Å². The Morgan fingerprint density at radius 3 is 2.50 bits per heavy atom. The van der Waals surface area contributed by atoms with Crippen molar-refractivity contribution in [1.82, 2.24) is 25.8 Å². The van der Waals surface area contributed by atoms with Crippen molar-refractivity contribution in [1.29, 1.82) is 0 Å². The fourth-order valence-corrected chi connectivity index (χ4v) is 5.34. The fourth-order valence-electron chi connectivity index (χ4n) is 5.34. The van der Waals surface area contributed by atoms with E-state index >= 15 is 0 Å². The molecule has 2 aromatic heterocycles. The van der Waals surface area contributed by atoms with Crippen LogP contribution in [0.5, 0.6) is 5.75 Å². The van der Waals surface area contributed by atoms with Crippen molar-refractivity contribution >= 4 is 28.5 Å². The normalized spacial score (nSPS) is 21.4. The van der Waals surface area contributed by atoms with Crippen LogP contribution in [0.3, 0.4) is 0 Å². The number of pyridine rings is 1. The summed E-state index contributed by atoms with van der Waals surface area (Å²) in [4.78, 5) is 31.8. The second kappa shape index (κ2) is 9.80. The quantitative estimate of drug-likeness (QED) is 0.429. The molecule has 3 N–H and O–H groups in total. The molecule has 202 valence electrons. The van der Waals surface area contributed by atoms with Crippen LogP contribution in [0.2, 0.25) is 0 Å². The summed E-state index contributed by atoms with van der Waals surface area (Å²) in [6.45, 7) is 2.08. The van der Waals surface area contributed by atoms with Crippen LogP contribution in [0.4, 0.5) is 19.0 Å². The highest BCUT2D eigenvalue weighted by molar-refractivity contribution is 5.94. The summed E-state index contributed by atoms with van der Waals surface area (Å²) in [5.74, 6) is 0.224. The third kappa shape index (κ3) is 5.39. The van der Waals surface area contributed by atoms with E-state index in [9.17, 15) is 22.8 Å². The highest BCUT2D eigenvalue weighted by Crippen LogP contribution is 2.39. The Morgan fingerprint density at radius 2 is 1.84 bits per heavy atom. The van der Waals surface area contributed by atoms with Crippen molar-refractivity contribution in [2.75, 3.05) is 11.4 Å². The monoisotopic (exact) mass is 530 g/mol. The third-order valence-corrected chi connectivity index (χ3v) is 7.15. The average Bonchev–Trinajstić information content (AvgIpc) is 3.45. The number of rotatable bonds is 7. The van der Waals surface area contributed by atoms with Crippen LogP contribution in [-0.4, -0.2) is 63.4 Å². The van der Waals surface area contributed by atoms with E-state index in [2.05, 4.69) is 25.4 Å². The number of halogens is 3. The smallest absolute Gasteiger partial charge is 0.405 e. The van der Waals surface area contributed by atoms with Crippen molar-refractivity contribution in [2.45, 2.75) is 69.4 Å². The first-order valence-electron chi connectivity index (χ1n) is 12.5. The first kappa shape index (κ1) is 25.8. The zero-order valence-corrected chi connectivity index (χ0v) is 21.0. The Balaban J connectivity index is 1.20. The molecule has 1 aromatic carbocycles. The number of anilines is 1. The van der Waals surface area contributed by atoms with E-state index in [-0.39, 0.29) is 29.6 Å². The molecule has 38 heavy (non-hydrogen) atoms. The number of ether oxygens (including phenoxy) is 1. The minimum absolute atomic E-state index is 0.0312. The summed E-state index contributed by atoms with van der Waals surface area (Å²) in [7, 11) is 0. The Morgan fingerprint density at radius 1 is 1.11 bits per heavy atom. The van der Waals surface area contributed by atoms with Gasteiger partial charge in [0.2, 0.25) is 0 Å². The van der Waals surface area contributed by atoms with E-state index in [1.165, 1.54) is 12.3 Å².